The van der Waals surface area contributed by atoms with Crippen LogP contribution in [-0.2, 0) is 9.53 Å². The van der Waals surface area contributed by atoms with E-state index in [1.807, 2.05) is 6.92 Å². The number of hydrogen-bond donors (Lipinski definition) is 2. The fourth-order valence-electron chi connectivity index (χ4n) is 2.64. The summed E-state index contributed by atoms with van der Waals surface area (Å²) in [5.41, 5.74) is 0. The molecule has 2 amide bonds. The Balaban J connectivity index is 3.27. The van der Waals surface area contributed by atoms with Crippen LogP contribution in [0.4, 0.5) is 4.79 Å². The Morgan fingerprint density at radius 3 is 1.96 bits per heavy atom. The molecule has 0 bridgehead atoms. The number of unbranched alkanes of at least 4 members (excludes halogenated alkanes) is 8. The third-order valence-electron chi connectivity index (χ3n) is 4.28. The minimum absolute atomic E-state index is 0.0414. The van der Waals surface area contributed by atoms with Crippen LogP contribution in [0, 0.1) is 0 Å². The number of amides is 2. The van der Waals surface area contributed by atoms with Crippen LogP contribution in [0.25, 0.3) is 0 Å². The van der Waals surface area contributed by atoms with Crippen LogP contribution >= 0.6 is 0 Å². The molecule has 0 radical (unpaired) electrons. The smallest absolute Gasteiger partial charge is 0.314 e. The van der Waals surface area contributed by atoms with Crippen molar-refractivity contribution in [3.63, 3.8) is 0 Å². The van der Waals surface area contributed by atoms with Crippen molar-refractivity contribution in [3.8, 4) is 0 Å². The van der Waals surface area contributed by atoms with Crippen molar-refractivity contribution < 1.29 is 14.3 Å². The van der Waals surface area contributed by atoms with Gasteiger partial charge < -0.3 is 15.4 Å². The second-order valence-corrected chi connectivity index (χ2v) is 7.03. The predicted molar refractivity (Wildman–Crippen MR) is 113 cm³/mol. The number of nitrogens with one attached hydrogen (secondary N) is 2. The monoisotopic (exact) mass is 382 g/mol. The Morgan fingerprint density at radius 1 is 0.741 bits per heavy atom. The van der Waals surface area contributed by atoms with Gasteiger partial charge >= 0.3 is 12.0 Å². The zero-order valence-corrected chi connectivity index (χ0v) is 17.7. The zero-order valence-electron chi connectivity index (χ0n) is 17.7. The van der Waals surface area contributed by atoms with Crippen molar-refractivity contribution in [2.75, 3.05) is 19.7 Å². The molecular formula is C22H42N2O3. The molecule has 0 aromatic rings. The number of esters is 1. The lowest BCUT2D eigenvalue weighted by Crippen LogP contribution is -2.36. The predicted octanol–water partition coefficient (Wildman–Crippen LogP) is 5.50. The van der Waals surface area contributed by atoms with Gasteiger partial charge in [-0.25, -0.2) is 4.79 Å². The van der Waals surface area contributed by atoms with E-state index in [1.54, 1.807) is 0 Å². The largest absolute Gasteiger partial charge is 0.466 e. The Labute approximate surface area is 166 Å². The molecule has 5 nitrogen and oxygen atoms in total. The van der Waals surface area contributed by atoms with Crippen LogP contribution in [0.15, 0.2) is 12.2 Å². The first-order chi connectivity index (χ1) is 13.2. The van der Waals surface area contributed by atoms with Crippen LogP contribution in [0.3, 0.4) is 0 Å². The molecule has 0 aliphatic heterocycles. The molecule has 158 valence electrons. The Morgan fingerprint density at radius 2 is 1.33 bits per heavy atom. The maximum atomic E-state index is 11.5. The van der Waals surface area contributed by atoms with Crippen LogP contribution < -0.4 is 10.6 Å². The van der Waals surface area contributed by atoms with Crippen LogP contribution in [0.1, 0.15) is 97.3 Å². The number of hydrogen-bond acceptors (Lipinski definition) is 3. The molecule has 0 aliphatic carbocycles. The van der Waals surface area contributed by atoms with E-state index in [9.17, 15) is 9.59 Å². The van der Waals surface area contributed by atoms with Crippen molar-refractivity contribution >= 4 is 12.0 Å². The third kappa shape index (κ3) is 20.6. The highest BCUT2D eigenvalue weighted by atomic mass is 16.5. The van der Waals surface area contributed by atoms with Crippen molar-refractivity contribution in [1.82, 2.24) is 10.6 Å². The van der Waals surface area contributed by atoms with E-state index in [4.69, 9.17) is 4.74 Å². The minimum atomic E-state index is -0.0554. The van der Waals surface area contributed by atoms with Gasteiger partial charge in [0, 0.05) is 19.5 Å². The van der Waals surface area contributed by atoms with E-state index < -0.39 is 0 Å². The molecule has 0 fully saturated rings. The quantitative estimate of drug-likeness (QED) is 0.187. The molecule has 0 aromatic heterocycles. The Bertz CT molecular complexity index is 384. The number of carbonyl (C=O) groups excluding carboxylic acids is 2. The molecule has 0 saturated carbocycles. The topological polar surface area (TPSA) is 67.4 Å². The molecule has 0 spiro atoms. The van der Waals surface area contributed by atoms with E-state index in [0.29, 0.717) is 13.0 Å². The molecule has 0 atom stereocenters. The van der Waals surface area contributed by atoms with Crippen LogP contribution in [-0.4, -0.2) is 31.7 Å². The molecule has 0 rings (SSSR count). The average molecular weight is 383 g/mol. The lowest BCUT2D eigenvalue weighted by molar-refractivity contribution is -0.143. The van der Waals surface area contributed by atoms with Gasteiger partial charge in [-0.1, -0.05) is 51.7 Å². The van der Waals surface area contributed by atoms with E-state index in [1.165, 1.54) is 25.7 Å². The number of urea groups is 1. The van der Waals surface area contributed by atoms with E-state index in [0.717, 1.165) is 64.5 Å². The lowest BCUT2D eigenvalue weighted by Gasteiger charge is -2.06. The van der Waals surface area contributed by atoms with Gasteiger partial charge in [-0.15, -0.1) is 0 Å². The number of carbonyl (C=O) groups is 2. The molecule has 0 heterocycles. The maximum absolute atomic E-state index is 11.5. The SMILES string of the molecule is CCCCCNC(=O)NCCCC/C=C\CCCCCCC(=O)OCCC. The summed E-state index contributed by atoms with van der Waals surface area (Å²) >= 11 is 0. The molecular weight excluding hydrogens is 340 g/mol. The van der Waals surface area contributed by atoms with E-state index in [-0.39, 0.29) is 12.0 Å². The molecule has 27 heavy (non-hydrogen) atoms. The number of rotatable bonds is 18. The molecule has 0 aliphatic rings. The Kier molecular flexibility index (Phi) is 19.6. The summed E-state index contributed by atoms with van der Waals surface area (Å²) in [6.07, 6.45) is 18.0. The Hall–Kier alpha value is -1.52. The molecule has 0 saturated heterocycles. The summed E-state index contributed by atoms with van der Waals surface area (Å²) in [6, 6.07) is -0.0414. The van der Waals surface area contributed by atoms with Crippen molar-refractivity contribution in [2.45, 2.75) is 97.3 Å². The molecule has 2 N–H and O–H groups in total. The van der Waals surface area contributed by atoms with Gasteiger partial charge in [0.25, 0.3) is 0 Å². The first kappa shape index (κ1) is 25.5. The first-order valence-electron chi connectivity index (χ1n) is 11.0. The lowest BCUT2D eigenvalue weighted by atomic mass is 10.1. The van der Waals surface area contributed by atoms with E-state index in [2.05, 4.69) is 29.7 Å². The van der Waals surface area contributed by atoms with Gasteiger partial charge in [0.1, 0.15) is 0 Å². The first-order valence-corrected chi connectivity index (χ1v) is 11.0. The normalized spacial score (nSPS) is 10.9. The summed E-state index contributed by atoms with van der Waals surface area (Å²) in [6.45, 7) is 6.22. The summed E-state index contributed by atoms with van der Waals surface area (Å²) in [4.78, 5) is 22.8. The number of ether oxygens (including phenoxy) is 1. The molecule has 0 aromatic carbocycles. The fourth-order valence-corrected chi connectivity index (χ4v) is 2.64. The standard InChI is InChI=1S/C22H42N2O3/c1-3-5-15-18-23-22(26)24-19-16-13-11-9-7-6-8-10-12-14-17-21(25)27-20-4-2/h7,9H,3-6,8,10-20H2,1-2H3,(H2,23,24,26)/b9-7-. The van der Waals surface area contributed by atoms with Gasteiger partial charge in [-0.2, -0.15) is 0 Å². The average Bonchev–Trinajstić information content (AvgIpc) is 2.67. The summed E-state index contributed by atoms with van der Waals surface area (Å²) < 4.78 is 5.05. The molecule has 5 heteroatoms. The summed E-state index contributed by atoms with van der Waals surface area (Å²) in [7, 11) is 0. The summed E-state index contributed by atoms with van der Waals surface area (Å²) in [5.74, 6) is -0.0554. The highest BCUT2D eigenvalue weighted by Gasteiger charge is 2.01. The number of allylic oxidation sites excluding steroid dienone is 2. The second-order valence-electron chi connectivity index (χ2n) is 7.03. The van der Waals surface area contributed by atoms with Gasteiger partial charge in [-0.3, -0.25) is 4.79 Å². The van der Waals surface area contributed by atoms with Crippen molar-refractivity contribution in [1.29, 1.82) is 0 Å². The van der Waals surface area contributed by atoms with Crippen molar-refractivity contribution in [2.24, 2.45) is 0 Å². The summed E-state index contributed by atoms with van der Waals surface area (Å²) in [5, 5.41) is 5.78. The highest BCUT2D eigenvalue weighted by molar-refractivity contribution is 5.73. The van der Waals surface area contributed by atoms with Gasteiger partial charge in [0.2, 0.25) is 0 Å². The fraction of sp³-hybridized carbons (Fsp3) is 0.818. The van der Waals surface area contributed by atoms with E-state index >= 15 is 0 Å². The highest BCUT2D eigenvalue weighted by Crippen LogP contribution is 2.07. The van der Waals surface area contributed by atoms with Gasteiger partial charge in [-0.05, 0) is 51.4 Å². The van der Waals surface area contributed by atoms with Gasteiger partial charge in [0.15, 0.2) is 0 Å². The second kappa shape index (κ2) is 20.8. The maximum Gasteiger partial charge on any atom is 0.314 e. The van der Waals surface area contributed by atoms with Gasteiger partial charge in [0.05, 0.1) is 6.61 Å². The van der Waals surface area contributed by atoms with Crippen LogP contribution in [0.5, 0.6) is 0 Å². The zero-order chi connectivity index (χ0) is 20.0. The molecule has 0 unspecified atom stereocenters. The third-order valence-corrected chi connectivity index (χ3v) is 4.28. The minimum Gasteiger partial charge on any atom is -0.466 e. The van der Waals surface area contributed by atoms with Crippen molar-refractivity contribution in [3.05, 3.63) is 12.2 Å². The van der Waals surface area contributed by atoms with Crippen LogP contribution in [0.2, 0.25) is 0 Å².